The molecular weight excluding hydrogens is 376 g/mol. The van der Waals surface area contributed by atoms with Gasteiger partial charge in [-0.15, -0.1) is 0 Å². The van der Waals surface area contributed by atoms with Crippen molar-refractivity contribution < 1.29 is 22.7 Å². The minimum absolute atomic E-state index is 0.0127. The lowest BCUT2D eigenvalue weighted by Gasteiger charge is -2.16. The summed E-state index contributed by atoms with van der Waals surface area (Å²) in [5.74, 6) is 0.140. The van der Waals surface area contributed by atoms with E-state index in [0.29, 0.717) is 11.4 Å². The summed E-state index contributed by atoms with van der Waals surface area (Å²) < 4.78 is 38.7. The Labute approximate surface area is 156 Å². The second-order valence-corrected chi connectivity index (χ2v) is 6.73. The molecule has 2 rings (SSSR count). The summed E-state index contributed by atoms with van der Waals surface area (Å²) in [6.07, 6.45) is -0.349. The van der Waals surface area contributed by atoms with Crippen molar-refractivity contribution in [1.82, 2.24) is 19.7 Å². The average Bonchev–Trinajstić information content (AvgIpc) is 2.59. The van der Waals surface area contributed by atoms with Crippen molar-refractivity contribution in [3.8, 4) is 6.01 Å². The van der Waals surface area contributed by atoms with E-state index in [0.717, 1.165) is 0 Å². The Hall–Kier alpha value is -2.99. The number of carbonyl (C=O) groups is 1. The van der Waals surface area contributed by atoms with Gasteiger partial charge in [-0.2, -0.15) is 23.4 Å². The Kier molecular flexibility index (Phi) is 6.47. The first kappa shape index (κ1) is 20.3. The number of para-hydroxylation sites is 1. The SMILES string of the molecule is COc1nc(C)nc(NC(=O)NS(=O)(=O)Nc2ccccc2C(C)OC)n1. The third-order valence-corrected chi connectivity index (χ3v) is 4.30. The number of hydrogen-bond donors (Lipinski definition) is 3. The molecule has 0 saturated heterocycles. The summed E-state index contributed by atoms with van der Waals surface area (Å²) >= 11 is 0. The zero-order chi connectivity index (χ0) is 20.0. The lowest BCUT2D eigenvalue weighted by Crippen LogP contribution is -2.38. The van der Waals surface area contributed by atoms with Crippen molar-refractivity contribution in [2.24, 2.45) is 0 Å². The van der Waals surface area contributed by atoms with Gasteiger partial charge >= 0.3 is 22.3 Å². The minimum atomic E-state index is -4.21. The molecule has 1 aromatic heterocycles. The Morgan fingerprint density at radius 3 is 2.52 bits per heavy atom. The standard InChI is InChI=1S/C15H20N6O5S/c1-9(25-3)11-7-5-6-8-12(11)20-27(23,24)21-14(22)18-13-16-10(2)17-15(19-13)26-4/h5-9,20H,1-4H3,(H2,16,17,18,19,21,22). The summed E-state index contributed by atoms with van der Waals surface area (Å²) in [7, 11) is -1.35. The smallest absolute Gasteiger partial charge is 0.336 e. The molecule has 1 heterocycles. The molecule has 0 saturated carbocycles. The van der Waals surface area contributed by atoms with Crippen LogP contribution in [0.3, 0.4) is 0 Å². The van der Waals surface area contributed by atoms with Crippen LogP contribution < -0.4 is 19.5 Å². The van der Waals surface area contributed by atoms with E-state index < -0.39 is 16.2 Å². The highest BCUT2D eigenvalue weighted by Crippen LogP contribution is 2.25. The van der Waals surface area contributed by atoms with Gasteiger partial charge in [0.05, 0.1) is 18.9 Å². The number of nitrogens with zero attached hydrogens (tertiary/aromatic N) is 3. The summed E-state index contributed by atoms with van der Waals surface area (Å²) in [5, 5.41) is 2.21. The zero-order valence-corrected chi connectivity index (χ0v) is 16.0. The van der Waals surface area contributed by atoms with E-state index in [2.05, 4.69) is 25.0 Å². The van der Waals surface area contributed by atoms with E-state index in [1.165, 1.54) is 14.2 Å². The van der Waals surface area contributed by atoms with Gasteiger partial charge in [0.15, 0.2) is 0 Å². The van der Waals surface area contributed by atoms with Gasteiger partial charge in [0.1, 0.15) is 5.82 Å². The molecule has 2 amide bonds. The van der Waals surface area contributed by atoms with Crippen LogP contribution >= 0.6 is 0 Å². The first-order chi connectivity index (χ1) is 12.7. The van der Waals surface area contributed by atoms with Crippen LogP contribution in [-0.2, 0) is 14.9 Å². The number of urea groups is 1. The highest BCUT2D eigenvalue weighted by Gasteiger charge is 2.19. The van der Waals surface area contributed by atoms with Gasteiger partial charge in [-0.05, 0) is 19.9 Å². The van der Waals surface area contributed by atoms with Crippen LogP contribution in [0.4, 0.5) is 16.4 Å². The fourth-order valence-corrected chi connectivity index (χ4v) is 2.92. The molecule has 0 aliphatic rings. The molecule has 3 N–H and O–H groups in total. The molecule has 0 aliphatic heterocycles. The predicted octanol–water partition coefficient (Wildman–Crippen LogP) is 1.37. The van der Waals surface area contributed by atoms with E-state index in [1.807, 2.05) is 4.72 Å². The molecule has 0 fully saturated rings. The van der Waals surface area contributed by atoms with Crippen LogP contribution in [-0.4, -0.2) is 43.6 Å². The van der Waals surface area contributed by atoms with Crippen LogP contribution in [0.2, 0.25) is 0 Å². The molecule has 1 atom stereocenters. The van der Waals surface area contributed by atoms with Crippen LogP contribution in [0.15, 0.2) is 24.3 Å². The fraction of sp³-hybridized carbons (Fsp3) is 0.333. The first-order valence-electron chi connectivity index (χ1n) is 7.74. The Bertz CT molecular complexity index is 921. The summed E-state index contributed by atoms with van der Waals surface area (Å²) in [6, 6.07) is 5.62. The number of methoxy groups -OCH3 is 2. The maximum absolute atomic E-state index is 12.3. The monoisotopic (exact) mass is 396 g/mol. The number of aryl methyl sites for hydroxylation is 1. The van der Waals surface area contributed by atoms with Gasteiger partial charge in [0.25, 0.3) is 0 Å². The number of amides is 2. The summed E-state index contributed by atoms with van der Waals surface area (Å²) in [5.41, 5.74) is 0.897. The van der Waals surface area contributed by atoms with Gasteiger partial charge in [-0.1, -0.05) is 18.2 Å². The van der Waals surface area contributed by atoms with E-state index in [1.54, 1.807) is 38.1 Å². The third kappa shape index (κ3) is 5.76. The number of benzene rings is 1. The van der Waals surface area contributed by atoms with Crippen molar-refractivity contribution in [3.05, 3.63) is 35.7 Å². The third-order valence-electron chi connectivity index (χ3n) is 3.36. The van der Waals surface area contributed by atoms with Gasteiger partial charge in [0, 0.05) is 12.7 Å². The van der Waals surface area contributed by atoms with E-state index in [4.69, 9.17) is 9.47 Å². The van der Waals surface area contributed by atoms with E-state index in [-0.39, 0.29) is 23.8 Å². The molecule has 0 bridgehead atoms. The van der Waals surface area contributed by atoms with Crippen LogP contribution in [0.25, 0.3) is 0 Å². The predicted molar refractivity (Wildman–Crippen MR) is 97.7 cm³/mol. The highest BCUT2D eigenvalue weighted by atomic mass is 32.2. The van der Waals surface area contributed by atoms with Crippen molar-refractivity contribution in [1.29, 1.82) is 0 Å². The maximum atomic E-state index is 12.3. The lowest BCUT2D eigenvalue weighted by molar-refractivity contribution is 0.120. The Morgan fingerprint density at radius 1 is 1.15 bits per heavy atom. The van der Waals surface area contributed by atoms with Crippen molar-refractivity contribution in [2.75, 3.05) is 24.3 Å². The van der Waals surface area contributed by atoms with Gasteiger partial charge in [-0.25, -0.2) is 9.52 Å². The second kappa shape index (κ2) is 8.60. The minimum Gasteiger partial charge on any atom is -0.467 e. The second-order valence-electron chi connectivity index (χ2n) is 5.32. The van der Waals surface area contributed by atoms with Gasteiger partial charge < -0.3 is 9.47 Å². The van der Waals surface area contributed by atoms with E-state index in [9.17, 15) is 13.2 Å². The van der Waals surface area contributed by atoms with Crippen molar-refractivity contribution >= 4 is 27.9 Å². The molecule has 12 heteroatoms. The molecule has 0 spiro atoms. The average molecular weight is 396 g/mol. The normalized spacial score (nSPS) is 12.1. The molecular formula is C15H20N6O5S. The molecule has 11 nitrogen and oxygen atoms in total. The number of ether oxygens (including phenoxy) is 2. The molecule has 1 aromatic carbocycles. The van der Waals surface area contributed by atoms with Crippen LogP contribution in [0, 0.1) is 6.92 Å². The number of rotatable bonds is 7. The van der Waals surface area contributed by atoms with Crippen LogP contribution in [0.5, 0.6) is 6.01 Å². The topological polar surface area (TPSA) is 144 Å². The van der Waals surface area contributed by atoms with Crippen molar-refractivity contribution in [3.63, 3.8) is 0 Å². The molecule has 2 aromatic rings. The summed E-state index contributed by atoms with van der Waals surface area (Å²) in [4.78, 5) is 23.5. The number of aromatic nitrogens is 3. The van der Waals surface area contributed by atoms with E-state index >= 15 is 0 Å². The first-order valence-corrected chi connectivity index (χ1v) is 9.22. The molecule has 146 valence electrons. The number of hydrogen-bond acceptors (Lipinski definition) is 8. The highest BCUT2D eigenvalue weighted by molar-refractivity contribution is 7.91. The molecule has 0 aliphatic carbocycles. The van der Waals surface area contributed by atoms with Gasteiger partial charge in [0.2, 0.25) is 5.95 Å². The van der Waals surface area contributed by atoms with Crippen molar-refractivity contribution in [2.45, 2.75) is 20.0 Å². The molecule has 27 heavy (non-hydrogen) atoms. The zero-order valence-electron chi connectivity index (χ0n) is 15.2. The quantitative estimate of drug-likeness (QED) is 0.636. The number of anilines is 2. The largest absolute Gasteiger partial charge is 0.467 e. The van der Waals surface area contributed by atoms with Crippen LogP contribution in [0.1, 0.15) is 24.4 Å². The molecule has 0 radical (unpaired) electrons. The van der Waals surface area contributed by atoms with Gasteiger partial charge in [-0.3, -0.25) is 10.0 Å². The lowest BCUT2D eigenvalue weighted by atomic mass is 10.1. The number of nitrogens with one attached hydrogen (secondary N) is 3. The fourth-order valence-electron chi connectivity index (χ4n) is 2.10. The number of carbonyl (C=O) groups excluding carboxylic acids is 1. The summed E-state index contributed by atoms with van der Waals surface area (Å²) in [6.45, 7) is 3.34. The maximum Gasteiger partial charge on any atom is 0.336 e. The Balaban J connectivity index is 2.11. The molecule has 1 unspecified atom stereocenters. The Morgan fingerprint density at radius 2 is 1.85 bits per heavy atom.